The summed E-state index contributed by atoms with van der Waals surface area (Å²) in [4.78, 5) is 15.8. The van der Waals surface area contributed by atoms with Crippen molar-refractivity contribution in [2.45, 2.75) is 38.8 Å². The number of halogens is 3. The van der Waals surface area contributed by atoms with Crippen LogP contribution in [0.4, 0.5) is 13.2 Å². The summed E-state index contributed by atoms with van der Waals surface area (Å²) in [5, 5.41) is 12.4. The number of hydrogen-bond donors (Lipinski definition) is 2. The molecule has 1 aliphatic rings. The van der Waals surface area contributed by atoms with Crippen LogP contribution in [0, 0.1) is 0 Å². The standard InChI is InChI=1S/C14H15F3N4O2/c1-8(14(15,16)17)18-6-9-7-19-13-11-12(23)10(22)2-3-20(11)4-5-21(9)13/h2-3,7-8,18,23H,4-6H2,1H3/t8-/m1/s1. The number of aryl methyl sites for hydroxylation is 1. The summed E-state index contributed by atoms with van der Waals surface area (Å²) in [6, 6.07) is -0.370. The maximum atomic E-state index is 12.6. The molecule has 0 bridgehead atoms. The monoisotopic (exact) mass is 328 g/mol. The summed E-state index contributed by atoms with van der Waals surface area (Å²) in [7, 11) is 0. The molecule has 0 amide bonds. The molecule has 23 heavy (non-hydrogen) atoms. The molecule has 1 atom stereocenters. The van der Waals surface area contributed by atoms with E-state index in [1.165, 1.54) is 12.3 Å². The van der Waals surface area contributed by atoms with Gasteiger partial charge in [-0.3, -0.25) is 4.79 Å². The highest BCUT2D eigenvalue weighted by Gasteiger charge is 2.35. The smallest absolute Gasteiger partial charge is 0.403 e. The highest BCUT2D eigenvalue weighted by Crippen LogP contribution is 2.29. The first-order valence-electron chi connectivity index (χ1n) is 7.06. The molecule has 6 nitrogen and oxygen atoms in total. The first-order valence-corrected chi connectivity index (χ1v) is 7.06. The van der Waals surface area contributed by atoms with Crippen molar-refractivity contribution in [3.8, 4) is 17.3 Å². The lowest BCUT2D eigenvalue weighted by molar-refractivity contribution is -0.151. The number of hydrogen-bond acceptors (Lipinski definition) is 4. The molecule has 3 heterocycles. The molecule has 0 saturated heterocycles. The van der Waals surface area contributed by atoms with Gasteiger partial charge in [0.15, 0.2) is 11.6 Å². The van der Waals surface area contributed by atoms with E-state index in [0.717, 1.165) is 6.92 Å². The van der Waals surface area contributed by atoms with Crippen LogP contribution in [0.25, 0.3) is 11.5 Å². The molecule has 0 aromatic carbocycles. The first-order chi connectivity index (χ1) is 10.8. The molecule has 0 aliphatic carbocycles. The van der Waals surface area contributed by atoms with Crippen molar-refractivity contribution >= 4 is 0 Å². The number of nitrogens with zero attached hydrogens (tertiary/aromatic N) is 3. The third-order valence-electron chi connectivity index (χ3n) is 3.95. The van der Waals surface area contributed by atoms with Gasteiger partial charge >= 0.3 is 6.18 Å². The second-order valence-corrected chi connectivity index (χ2v) is 5.44. The lowest BCUT2D eigenvalue weighted by Gasteiger charge is -2.23. The Morgan fingerprint density at radius 1 is 1.43 bits per heavy atom. The molecular weight excluding hydrogens is 313 g/mol. The molecular formula is C14H15F3N4O2. The van der Waals surface area contributed by atoms with Gasteiger partial charge in [0.1, 0.15) is 11.7 Å². The van der Waals surface area contributed by atoms with Crippen LogP contribution < -0.4 is 10.7 Å². The van der Waals surface area contributed by atoms with E-state index in [1.807, 2.05) is 0 Å². The summed E-state index contributed by atoms with van der Waals surface area (Å²) in [6.07, 6.45) is -1.29. The Morgan fingerprint density at radius 3 is 2.87 bits per heavy atom. The third-order valence-corrected chi connectivity index (χ3v) is 3.95. The van der Waals surface area contributed by atoms with E-state index in [9.17, 15) is 23.1 Å². The number of fused-ring (bicyclic) bond motifs is 3. The van der Waals surface area contributed by atoms with E-state index in [-0.39, 0.29) is 6.54 Å². The maximum absolute atomic E-state index is 12.6. The molecule has 9 heteroatoms. The minimum atomic E-state index is -4.32. The third kappa shape index (κ3) is 2.72. The lowest BCUT2D eigenvalue weighted by Crippen LogP contribution is -2.39. The van der Waals surface area contributed by atoms with Crippen LogP contribution in [-0.2, 0) is 19.6 Å². The van der Waals surface area contributed by atoms with Crippen molar-refractivity contribution in [3.63, 3.8) is 0 Å². The van der Waals surface area contributed by atoms with Gasteiger partial charge in [-0.25, -0.2) is 4.98 Å². The number of nitrogens with one attached hydrogen (secondary N) is 1. The van der Waals surface area contributed by atoms with Crippen LogP contribution in [0.5, 0.6) is 5.75 Å². The second kappa shape index (κ2) is 5.41. The molecule has 2 aromatic rings. The van der Waals surface area contributed by atoms with Crippen molar-refractivity contribution in [2.24, 2.45) is 0 Å². The molecule has 2 N–H and O–H groups in total. The Kier molecular flexibility index (Phi) is 3.67. The average Bonchev–Trinajstić information content (AvgIpc) is 2.90. The van der Waals surface area contributed by atoms with E-state index in [4.69, 9.17) is 0 Å². The van der Waals surface area contributed by atoms with Gasteiger partial charge in [0.2, 0.25) is 5.43 Å². The van der Waals surface area contributed by atoms with Gasteiger partial charge in [-0.2, -0.15) is 13.2 Å². The zero-order valence-corrected chi connectivity index (χ0v) is 12.3. The predicted molar refractivity (Wildman–Crippen MR) is 75.9 cm³/mol. The van der Waals surface area contributed by atoms with Crippen LogP contribution in [0.1, 0.15) is 12.6 Å². The fraction of sp³-hybridized carbons (Fsp3) is 0.429. The SMILES string of the molecule is C[C@@H](NCc1cnc2n1CCn1ccc(=O)c(O)c1-2)C(F)(F)F. The molecule has 0 unspecified atom stereocenters. The van der Waals surface area contributed by atoms with E-state index in [0.29, 0.717) is 30.3 Å². The summed E-state index contributed by atoms with van der Waals surface area (Å²) < 4.78 is 41.1. The Balaban J connectivity index is 1.91. The normalized spacial score (nSPS) is 15.1. The number of imidazole rings is 1. The fourth-order valence-corrected chi connectivity index (χ4v) is 2.56. The minimum Gasteiger partial charge on any atom is -0.503 e. The Morgan fingerprint density at radius 2 is 2.17 bits per heavy atom. The Labute approximate surface area is 129 Å². The highest BCUT2D eigenvalue weighted by atomic mass is 19.4. The quantitative estimate of drug-likeness (QED) is 0.895. The van der Waals surface area contributed by atoms with Gasteiger partial charge in [-0.05, 0) is 6.92 Å². The maximum Gasteiger partial charge on any atom is 0.403 e. The molecule has 124 valence electrons. The molecule has 2 aromatic heterocycles. The van der Waals surface area contributed by atoms with Crippen molar-refractivity contribution in [1.82, 2.24) is 19.4 Å². The Hall–Kier alpha value is -2.29. The minimum absolute atomic E-state index is 0.00843. The topological polar surface area (TPSA) is 72.1 Å². The fourth-order valence-electron chi connectivity index (χ4n) is 2.56. The summed E-state index contributed by atoms with van der Waals surface area (Å²) in [5.74, 6) is -0.0230. The number of aromatic hydroxyl groups is 1. The molecule has 0 fully saturated rings. The predicted octanol–water partition coefficient (Wildman–Crippen LogP) is 1.47. The zero-order chi connectivity index (χ0) is 16.8. The van der Waals surface area contributed by atoms with Crippen molar-refractivity contribution in [2.75, 3.05) is 0 Å². The van der Waals surface area contributed by atoms with E-state index < -0.39 is 23.4 Å². The lowest BCUT2D eigenvalue weighted by atomic mass is 10.2. The molecule has 0 radical (unpaired) electrons. The molecule has 0 spiro atoms. The van der Waals surface area contributed by atoms with Crippen molar-refractivity contribution in [3.05, 3.63) is 34.4 Å². The van der Waals surface area contributed by atoms with Gasteiger partial charge < -0.3 is 19.6 Å². The summed E-state index contributed by atoms with van der Waals surface area (Å²) in [6.45, 7) is 2.04. The van der Waals surface area contributed by atoms with E-state index in [1.54, 1.807) is 15.3 Å². The summed E-state index contributed by atoms with van der Waals surface area (Å²) in [5.41, 5.74) is 0.343. The van der Waals surface area contributed by atoms with Crippen molar-refractivity contribution < 1.29 is 18.3 Å². The summed E-state index contributed by atoms with van der Waals surface area (Å²) >= 11 is 0. The second-order valence-electron chi connectivity index (χ2n) is 5.44. The van der Waals surface area contributed by atoms with Crippen LogP contribution in [-0.4, -0.2) is 31.4 Å². The molecule has 0 saturated carbocycles. The van der Waals surface area contributed by atoms with Gasteiger partial charge in [-0.15, -0.1) is 0 Å². The largest absolute Gasteiger partial charge is 0.503 e. The van der Waals surface area contributed by atoms with Gasteiger partial charge in [0.05, 0.1) is 11.9 Å². The van der Waals surface area contributed by atoms with Crippen LogP contribution in [0.3, 0.4) is 0 Å². The van der Waals surface area contributed by atoms with Gasteiger partial charge in [-0.1, -0.05) is 0 Å². The first kappa shape index (κ1) is 15.6. The average molecular weight is 328 g/mol. The molecule has 1 aliphatic heterocycles. The van der Waals surface area contributed by atoms with Crippen LogP contribution >= 0.6 is 0 Å². The van der Waals surface area contributed by atoms with Gasteiger partial charge in [0.25, 0.3) is 0 Å². The zero-order valence-electron chi connectivity index (χ0n) is 12.3. The van der Waals surface area contributed by atoms with E-state index in [2.05, 4.69) is 10.3 Å². The van der Waals surface area contributed by atoms with E-state index >= 15 is 0 Å². The number of alkyl halides is 3. The number of aromatic nitrogens is 3. The van der Waals surface area contributed by atoms with Crippen molar-refractivity contribution in [1.29, 1.82) is 0 Å². The van der Waals surface area contributed by atoms with Crippen LogP contribution in [0.2, 0.25) is 0 Å². The molecule has 3 rings (SSSR count). The number of rotatable bonds is 3. The van der Waals surface area contributed by atoms with Gasteiger partial charge in [0, 0.05) is 31.9 Å². The number of pyridine rings is 1. The van der Waals surface area contributed by atoms with Crippen LogP contribution in [0.15, 0.2) is 23.3 Å². The highest BCUT2D eigenvalue weighted by molar-refractivity contribution is 5.61. The Bertz CT molecular complexity index is 794.